The summed E-state index contributed by atoms with van der Waals surface area (Å²) in [6, 6.07) is 9.34. The largest absolute Gasteiger partial charge is 0.619 e. The lowest BCUT2D eigenvalue weighted by atomic mass is 10.0. The van der Waals surface area contributed by atoms with Crippen LogP contribution in [0.4, 0.5) is 8.78 Å². The first-order valence-electron chi connectivity index (χ1n) is 13.6. The van der Waals surface area contributed by atoms with E-state index in [0.29, 0.717) is 34.9 Å². The van der Waals surface area contributed by atoms with Crippen molar-refractivity contribution in [1.29, 1.82) is 0 Å². The van der Waals surface area contributed by atoms with Gasteiger partial charge in [0, 0.05) is 25.1 Å². The standard InChI is InChI=1S/C29H31Cl2F2N3O7S/c1-35(2)12-11-34-44(39,40)21-8-5-19(6-9-21)28(37)42-26(14-22-23(30)15-36(38)16-24(22)31)20-7-10-25(43-29(32)33)27(13-20)41-17-18-3-4-18/h5-10,13,15-16,18,26,29,34H,3-4,11-12,14,17H2,1-2H3. The van der Waals surface area contributed by atoms with E-state index in [-0.39, 0.29) is 45.0 Å². The number of nitrogens with one attached hydrogen (secondary N) is 1. The first-order chi connectivity index (χ1) is 20.8. The molecule has 15 heteroatoms. The van der Waals surface area contributed by atoms with Crippen LogP contribution < -0.4 is 18.9 Å². The summed E-state index contributed by atoms with van der Waals surface area (Å²) in [5.41, 5.74) is 0.700. The van der Waals surface area contributed by atoms with E-state index in [1.807, 2.05) is 19.0 Å². The predicted octanol–water partition coefficient (Wildman–Crippen LogP) is 5.00. The van der Waals surface area contributed by atoms with Crippen molar-refractivity contribution < 1.29 is 40.9 Å². The second-order valence-electron chi connectivity index (χ2n) is 10.5. The summed E-state index contributed by atoms with van der Waals surface area (Å²) in [5, 5.41) is 11.8. The van der Waals surface area contributed by atoms with E-state index in [4.69, 9.17) is 32.7 Å². The van der Waals surface area contributed by atoms with Crippen LogP contribution in [-0.2, 0) is 21.2 Å². The molecule has 1 heterocycles. The van der Waals surface area contributed by atoms with Crippen LogP contribution in [0.1, 0.15) is 40.4 Å². The molecule has 1 aliphatic rings. The zero-order valence-electron chi connectivity index (χ0n) is 23.8. The molecule has 0 aliphatic heterocycles. The first-order valence-corrected chi connectivity index (χ1v) is 15.8. The molecule has 0 amide bonds. The Hall–Kier alpha value is -3.23. The third kappa shape index (κ3) is 9.38. The quantitative estimate of drug-likeness (QED) is 0.136. The van der Waals surface area contributed by atoms with Gasteiger partial charge in [0.05, 0.1) is 17.1 Å². The van der Waals surface area contributed by atoms with E-state index in [2.05, 4.69) is 9.46 Å². The number of pyridine rings is 1. The summed E-state index contributed by atoms with van der Waals surface area (Å²) in [4.78, 5) is 15.1. The molecule has 1 aliphatic carbocycles. The highest BCUT2D eigenvalue weighted by atomic mass is 35.5. The number of nitrogens with zero attached hydrogens (tertiary/aromatic N) is 2. The number of carbonyl (C=O) groups is 1. The Balaban J connectivity index is 1.62. The predicted molar refractivity (Wildman–Crippen MR) is 159 cm³/mol. The van der Waals surface area contributed by atoms with Gasteiger partial charge in [0.2, 0.25) is 10.0 Å². The fourth-order valence-corrected chi connectivity index (χ4v) is 5.74. The molecular formula is C29H31Cl2F2N3O7S. The normalized spacial score (nSPS) is 14.1. The van der Waals surface area contributed by atoms with Gasteiger partial charge < -0.3 is 24.3 Å². The van der Waals surface area contributed by atoms with Crippen molar-refractivity contribution in [1.82, 2.24) is 9.62 Å². The summed E-state index contributed by atoms with van der Waals surface area (Å²) in [7, 11) is -0.178. The topological polar surface area (TPSA) is 121 Å². The maximum atomic E-state index is 13.3. The number of rotatable bonds is 15. The molecule has 0 radical (unpaired) electrons. The van der Waals surface area contributed by atoms with E-state index in [1.165, 1.54) is 42.5 Å². The van der Waals surface area contributed by atoms with Crippen LogP contribution in [-0.4, -0.2) is 59.7 Å². The molecule has 238 valence electrons. The minimum Gasteiger partial charge on any atom is -0.619 e. The van der Waals surface area contributed by atoms with Gasteiger partial charge in [-0.25, -0.2) is 17.9 Å². The van der Waals surface area contributed by atoms with Crippen LogP contribution in [0.25, 0.3) is 0 Å². The number of hydrogen-bond acceptors (Lipinski definition) is 8. The van der Waals surface area contributed by atoms with Crippen LogP contribution >= 0.6 is 23.2 Å². The van der Waals surface area contributed by atoms with Crippen molar-refractivity contribution in [2.45, 2.75) is 36.9 Å². The van der Waals surface area contributed by atoms with Gasteiger partial charge in [0.15, 0.2) is 23.9 Å². The number of likely N-dealkylation sites (N-methyl/N-ethyl adjacent to an activating group) is 1. The second-order valence-corrected chi connectivity index (χ2v) is 13.0. The lowest BCUT2D eigenvalue weighted by Gasteiger charge is -2.21. The number of halogens is 4. The van der Waals surface area contributed by atoms with E-state index in [9.17, 15) is 27.2 Å². The van der Waals surface area contributed by atoms with E-state index < -0.39 is 28.7 Å². The van der Waals surface area contributed by atoms with Crippen molar-refractivity contribution in [3.05, 3.63) is 86.8 Å². The van der Waals surface area contributed by atoms with Crippen LogP contribution in [0, 0.1) is 11.1 Å². The third-order valence-electron chi connectivity index (χ3n) is 6.68. The highest BCUT2D eigenvalue weighted by Crippen LogP contribution is 2.38. The Morgan fingerprint density at radius 1 is 1.09 bits per heavy atom. The molecule has 1 aromatic heterocycles. The molecule has 1 N–H and O–H groups in total. The number of aromatic nitrogens is 1. The van der Waals surface area contributed by atoms with Crippen molar-refractivity contribution in [3.63, 3.8) is 0 Å². The monoisotopic (exact) mass is 673 g/mol. The molecule has 44 heavy (non-hydrogen) atoms. The lowest BCUT2D eigenvalue weighted by molar-refractivity contribution is -0.605. The first kappa shape index (κ1) is 33.7. The average molecular weight is 675 g/mol. The fourth-order valence-electron chi connectivity index (χ4n) is 4.12. The maximum absolute atomic E-state index is 13.3. The molecule has 3 aromatic rings. The van der Waals surface area contributed by atoms with Gasteiger partial charge in [-0.1, -0.05) is 29.3 Å². The molecule has 1 saturated carbocycles. The highest BCUT2D eigenvalue weighted by molar-refractivity contribution is 7.89. The molecule has 0 spiro atoms. The Bertz CT molecular complexity index is 1550. The van der Waals surface area contributed by atoms with Crippen molar-refractivity contribution in [3.8, 4) is 11.5 Å². The van der Waals surface area contributed by atoms with Gasteiger partial charge >= 0.3 is 12.6 Å². The Kier molecular flexibility index (Phi) is 11.2. The zero-order chi connectivity index (χ0) is 32.0. The number of sulfonamides is 1. The van der Waals surface area contributed by atoms with E-state index >= 15 is 0 Å². The minimum atomic E-state index is -3.81. The molecule has 1 unspecified atom stereocenters. The Labute approximate surface area is 264 Å². The van der Waals surface area contributed by atoms with Crippen LogP contribution in [0.3, 0.4) is 0 Å². The number of hydrogen-bond donors (Lipinski definition) is 1. The second kappa shape index (κ2) is 14.7. The molecule has 2 aromatic carbocycles. The van der Waals surface area contributed by atoms with Crippen molar-refractivity contribution in [2.24, 2.45) is 5.92 Å². The van der Waals surface area contributed by atoms with Crippen molar-refractivity contribution in [2.75, 3.05) is 33.8 Å². The van der Waals surface area contributed by atoms with Gasteiger partial charge in [-0.15, -0.1) is 0 Å². The molecule has 10 nitrogen and oxygen atoms in total. The fraction of sp³-hybridized carbons (Fsp3) is 0.379. The minimum absolute atomic E-state index is 0.0211. The molecular weight excluding hydrogens is 643 g/mol. The molecule has 4 rings (SSSR count). The van der Waals surface area contributed by atoms with Crippen LogP contribution in [0.2, 0.25) is 10.0 Å². The summed E-state index contributed by atoms with van der Waals surface area (Å²) >= 11 is 12.6. The molecule has 1 fully saturated rings. The number of alkyl halides is 2. The average Bonchev–Trinajstić information content (AvgIpc) is 3.78. The molecule has 0 bridgehead atoms. The van der Waals surface area contributed by atoms with Gasteiger partial charge in [-0.3, -0.25) is 0 Å². The smallest absolute Gasteiger partial charge is 0.387 e. The Morgan fingerprint density at radius 3 is 2.34 bits per heavy atom. The zero-order valence-corrected chi connectivity index (χ0v) is 26.2. The lowest BCUT2D eigenvalue weighted by Crippen LogP contribution is -2.31. The van der Waals surface area contributed by atoms with Crippen LogP contribution in [0.15, 0.2) is 59.8 Å². The maximum Gasteiger partial charge on any atom is 0.387 e. The highest BCUT2D eigenvalue weighted by Gasteiger charge is 2.27. The van der Waals surface area contributed by atoms with Gasteiger partial charge in [-0.05, 0) is 74.8 Å². The summed E-state index contributed by atoms with van der Waals surface area (Å²) in [6.45, 7) is -2.09. The van der Waals surface area contributed by atoms with Gasteiger partial charge in [0.25, 0.3) is 0 Å². The van der Waals surface area contributed by atoms with Gasteiger partial charge in [0.1, 0.15) is 16.1 Å². The number of ether oxygens (including phenoxy) is 3. The molecule has 1 atom stereocenters. The number of esters is 1. The van der Waals surface area contributed by atoms with Crippen molar-refractivity contribution >= 4 is 39.2 Å². The van der Waals surface area contributed by atoms with E-state index in [0.717, 1.165) is 25.2 Å². The van der Waals surface area contributed by atoms with E-state index in [1.54, 1.807) is 0 Å². The Morgan fingerprint density at radius 2 is 1.75 bits per heavy atom. The SMILES string of the molecule is CN(C)CCNS(=O)(=O)c1ccc(C(=O)OC(Cc2c(Cl)c[n+]([O-])cc2Cl)c2ccc(OC(F)F)c(OCC3CC3)c2)cc1. The summed E-state index contributed by atoms with van der Waals surface area (Å²) < 4.78 is 70.6. The number of benzene rings is 2. The third-order valence-corrected chi connectivity index (χ3v) is 8.80. The van der Waals surface area contributed by atoms with Crippen LogP contribution in [0.5, 0.6) is 11.5 Å². The molecule has 0 saturated heterocycles. The summed E-state index contributed by atoms with van der Waals surface area (Å²) in [6.07, 6.45) is 2.93. The van der Waals surface area contributed by atoms with Gasteiger partial charge in [-0.2, -0.15) is 13.5 Å². The summed E-state index contributed by atoms with van der Waals surface area (Å²) in [5.74, 6) is -0.652. The number of carbonyl (C=O) groups excluding carboxylic acids is 1.